The summed E-state index contributed by atoms with van der Waals surface area (Å²) in [5.74, 6) is 1.77. The number of ether oxygens (including phenoxy) is 1. The maximum atomic E-state index is 11.1. The Balaban J connectivity index is 1.58. The minimum Gasteiger partial charge on any atom is -0.504 e. The minimum atomic E-state index is 0.0902. The van der Waals surface area contributed by atoms with E-state index in [0.717, 1.165) is 28.5 Å². The molecule has 3 aromatic heterocycles. The molecule has 0 aliphatic heterocycles. The van der Waals surface area contributed by atoms with Crippen molar-refractivity contribution in [2.24, 2.45) is 0 Å². The molecule has 0 saturated heterocycles. The second kappa shape index (κ2) is 7.04. The molecule has 2 aromatic carbocycles. The van der Waals surface area contributed by atoms with Gasteiger partial charge in [-0.25, -0.2) is 15.0 Å². The molecule has 30 heavy (non-hydrogen) atoms. The van der Waals surface area contributed by atoms with Crippen molar-refractivity contribution in [2.75, 3.05) is 7.11 Å². The fourth-order valence-electron chi connectivity index (χ4n) is 3.57. The van der Waals surface area contributed by atoms with Gasteiger partial charge >= 0.3 is 0 Å². The molecule has 0 atom stereocenters. The van der Waals surface area contributed by atoms with Crippen LogP contribution in [0.3, 0.4) is 0 Å². The van der Waals surface area contributed by atoms with Gasteiger partial charge in [0, 0.05) is 29.3 Å². The van der Waals surface area contributed by atoms with E-state index in [1.165, 1.54) is 0 Å². The molecule has 0 aliphatic carbocycles. The number of aryl methyl sites for hydroxylation is 1. The number of methoxy groups -OCH3 is 1. The number of hydrogen-bond donors (Lipinski definition) is 1. The third kappa shape index (κ3) is 2.88. The van der Waals surface area contributed by atoms with Gasteiger partial charge in [0.2, 0.25) is 0 Å². The molecule has 3 heterocycles. The Kier molecular flexibility index (Phi) is 4.21. The van der Waals surface area contributed by atoms with Crippen molar-refractivity contribution >= 4 is 11.0 Å². The maximum Gasteiger partial charge on any atom is 0.168 e. The molecule has 5 rings (SSSR count). The summed E-state index contributed by atoms with van der Waals surface area (Å²) in [5, 5.41) is 11.1. The van der Waals surface area contributed by atoms with Crippen LogP contribution in [0.4, 0.5) is 0 Å². The van der Waals surface area contributed by atoms with Crippen LogP contribution >= 0.6 is 0 Å². The monoisotopic (exact) mass is 397 g/mol. The lowest BCUT2D eigenvalue weighted by Crippen LogP contribution is -1.96. The van der Waals surface area contributed by atoms with E-state index in [4.69, 9.17) is 4.74 Å². The van der Waals surface area contributed by atoms with Crippen molar-refractivity contribution in [3.05, 3.63) is 79.3 Å². The predicted octanol–water partition coefficient (Wildman–Crippen LogP) is 4.30. The average Bonchev–Trinajstić information content (AvgIpc) is 3.41. The number of nitrogens with zero attached hydrogens (tertiary/aromatic N) is 5. The largest absolute Gasteiger partial charge is 0.504 e. The summed E-state index contributed by atoms with van der Waals surface area (Å²) in [4.78, 5) is 13.1. The molecule has 0 unspecified atom stereocenters. The Morgan fingerprint density at radius 3 is 2.23 bits per heavy atom. The highest BCUT2D eigenvalue weighted by Crippen LogP contribution is 2.35. The van der Waals surface area contributed by atoms with E-state index in [2.05, 4.69) is 15.0 Å². The highest BCUT2D eigenvalue weighted by atomic mass is 16.5. The topological polar surface area (TPSA) is 78.0 Å². The lowest BCUT2D eigenvalue weighted by molar-refractivity contribution is 0.415. The number of imidazole rings is 2. The molecule has 0 fully saturated rings. The summed E-state index contributed by atoms with van der Waals surface area (Å²) >= 11 is 0. The molecule has 1 N–H and O–H groups in total. The van der Waals surface area contributed by atoms with Crippen LogP contribution in [0.5, 0.6) is 11.5 Å². The lowest BCUT2D eigenvalue weighted by atomic mass is 10.1. The SMILES string of the molecule is COc1ccc(-n2cnc3cnc(-c4ccc(-n5ccnc5C)cc4)c(O)c32)cc1. The van der Waals surface area contributed by atoms with Gasteiger partial charge in [0.05, 0.1) is 13.3 Å². The second-order valence-corrected chi connectivity index (χ2v) is 6.89. The summed E-state index contributed by atoms with van der Waals surface area (Å²) in [7, 11) is 1.63. The Hall–Kier alpha value is -4.13. The summed E-state index contributed by atoms with van der Waals surface area (Å²) in [6.45, 7) is 1.95. The van der Waals surface area contributed by atoms with Gasteiger partial charge in [0.25, 0.3) is 0 Å². The van der Waals surface area contributed by atoms with Crippen LogP contribution in [-0.2, 0) is 0 Å². The number of aromatic nitrogens is 5. The molecular formula is C23H19N5O2. The second-order valence-electron chi connectivity index (χ2n) is 6.89. The third-order valence-corrected chi connectivity index (χ3v) is 5.16. The maximum absolute atomic E-state index is 11.1. The number of fused-ring (bicyclic) bond motifs is 1. The molecule has 0 radical (unpaired) electrons. The van der Waals surface area contributed by atoms with Crippen LogP contribution in [0.2, 0.25) is 0 Å². The molecular weight excluding hydrogens is 378 g/mol. The number of aromatic hydroxyl groups is 1. The van der Waals surface area contributed by atoms with E-state index in [1.807, 2.05) is 70.8 Å². The number of pyridine rings is 1. The highest BCUT2D eigenvalue weighted by Gasteiger charge is 2.16. The Bertz CT molecular complexity index is 1330. The van der Waals surface area contributed by atoms with Gasteiger partial charge in [-0.05, 0) is 43.3 Å². The van der Waals surface area contributed by atoms with E-state index < -0.39 is 0 Å². The molecule has 0 amide bonds. The van der Waals surface area contributed by atoms with Gasteiger partial charge in [-0.1, -0.05) is 12.1 Å². The zero-order chi connectivity index (χ0) is 20.7. The first-order valence-corrected chi connectivity index (χ1v) is 9.46. The first-order chi connectivity index (χ1) is 14.7. The molecule has 0 bridgehead atoms. The van der Waals surface area contributed by atoms with Gasteiger partial charge in [-0.2, -0.15) is 0 Å². The lowest BCUT2D eigenvalue weighted by Gasteiger charge is -2.10. The normalized spacial score (nSPS) is 11.1. The first-order valence-electron chi connectivity index (χ1n) is 9.46. The van der Waals surface area contributed by atoms with Crippen LogP contribution in [0, 0.1) is 6.92 Å². The smallest absolute Gasteiger partial charge is 0.168 e. The van der Waals surface area contributed by atoms with E-state index >= 15 is 0 Å². The zero-order valence-electron chi connectivity index (χ0n) is 16.5. The van der Waals surface area contributed by atoms with E-state index in [1.54, 1.807) is 25.8 Å². The van der Waals surface area contributed by atoms with Crippen molar-refractivity contribution in [2.45, 2.75) is 6.92 Å². The Morgan fingerprint density at radius 2 is 1.57 bits per heavy atom. The summed E-state index contributed by atoms with van der Waals surface area (Å²) in [6, 6.07) is 15.4. The first kappa shape index (κ1) is 17.9. The summed E-state index contributed by atoms with van der Waals surface area (Å²) in [5.41, 5.74) is 4.43. The van der Waals surface area contributed by atoms with Crippen LogP contribution < -0.4 is 4.74 Å². The summed E-state index contributed by atoms with van der Waals surface area (Å²) < 4.78 is 9.07. The van der Waals surface area contributed by atoms with Crippen LogP contribution in [-0.4, -0.2) is 36.3 Å². The zero-order valence-corrected chi connectivity index (χ0v) is 16.5. The molecule has 0 spiro atoms. The van der Waals surface area contributed by atoms with Crippen molar-refractivity contribution in [3.8, 4) is 34.1 Å². The Morgan fingerprint density at radius 1 is 0.867 bits per heavy atom. The molecule has 5 aromatic rings. The van der Waals surface area contributed by atoms with Crippen LogP contribution in [0.1, 0.15) is 5.82 Å². The average molecular weight is 397 g/mol. The van der Waals surface area contributed by atoms with Gasteiger partial charge < -0.3 is 14.4 Å². The van der Waals surface area contributed by atoms with Crippen molar-refractivity contribution in [3.63, 3.8) is 0 Å². The summed E-state index contributed by atoms with van der Waals surface area (Å²) in [6.07, 6.45) is 7.05. The van der Waals surface area contributed by atoms with Crippen molar-refractivity contribution in [1.82, 2.24) is 24.1 Å². The minimum absolute atomic E-state index is 0.0902. The molecule has 7 nitrogen and oxygen atoms in total. The highest BCUT2D eigenvalue weighted by molar-refractivity contribution is 5.89. The predicted molar refractivity (Wildman–Crippen MR) is 114 cm³/mol. The fourth-order valence-corrected chi connectivity index (χ4v) is 3.57. The van der Waals surface area contributed by atoms with E-state index in [-0.39, 0.29) is 5.75 Å². The van der Waals surface area contributed by atoms with Gasteiger partial charge in [-0.15, -0.1) is 0 Å². The Labute approximate surface area is 172 Å². The van der Waals surface area contributed by atoms with Crippen molar-refractivity contribution < 1.29 is 9.84 Å². The van der Waals surface area contributed by atoms with E-state index in [9.17, 15) is 5.11 Å². The van der Waals surface area contributed by atoms with Crippen molar-refractivity contribution in [1.29, 1.82) is 0 Å². The number of benzene rings is 2. The standard InChI is InChI=1S/C23H19N5O2/c1-15-24-11-12-27(15)17-5-3-16(4-6-17)21-23(29)22-20(13-25-21)26-14-28(22)18-7-9-19(30-2)10-8-18/h3-14,29H,1-2H3. The third-order valence-electron chi connectivity index (χ3n) is 5.16. The number of rotatable bonds is 4. The van der Waals surface area contributed by atoms with Gasteiger partial charge in [-0.3, -0.25) is 4.57 Å². The van der Waals surface area contributed by atoms with Gasteiger partial charge in [0.1, 0.15) is 34.6 Å². The molecule has 0 aliphatic rings. The van der Waals surface area contributed by atoms with Crippen LogP contribution in [0.25, 0.3) is 33.7 Å². The number of hydrogen-bond acceptors (Lipinski definition) is 5. The molecule has 7 heteroatoms. The molecule has 0 saturated carbocycles. The van der Waals surface area contributed by atoms with Gasteiger partial charge in [0.15, 0.2) is 5.75 Å². The van der Waals surface area contributed by atoms with Crippen LogP contribution in [0.15, 0.2) is 73.4 Å². The van der Waals surface area contributed by atoms with E-state index in [0.29, 0.717) is 16.7 Å². The quantitative estimate of drug-likeness (QED) is 0.489. The molecule has 148 valence electrons. The fraction of sp³-hybridized carbons (Fsp3) is 0.0870.